The van der Waals surface area contributed by atoms with Crippen LogP contribution in [0, 0.1) is 0 Å². The van der Waals surface area contributed by atoms with Gasteiger partial charge in [0.2, 0.25) is 0 Å². The second kappa shape index (κ2) is 10.2. The molecule has 0 saturated carbocycles. The molecule has 9 heteroatoms. The van der Waals surface area contributed by atoms with Gasteiger partial charge >= 0.3 is 6.55 Å². The summed E-state index contributed by atoms with van der Waals surface area (Å²) in [7, 11) is 0. The van der Waals surface area contributed by atoms with Gasteiger partial charge in [-0.05, 0) is 19.9 Å². The van der Waals surface area contributed by atoms with Crippen LogP contribution < -0.4 is 10.6 Å². The number of guanidine groups is 1. The van der Waals surface area contributed by atoms with E-state index in [2.05, 4.69) is 25.5 Å². The summed E-state index contributed by atoms with van der Waals surface area (Å²) in [5, 5.41) is 6.34. The number of nitrogens with one attached hydrogen (secondary N) is 2. The van der Waals surface area contributed by atoms with Crippen molar-refractivity contribution in [3.63, 3.8) is 0 Å². The highest BCUT2D eigenvalue weighted by atomic mass is 19.3. The van der Waals surface area contributed by atoms with Crippen molar-refractivity contribution in [2.24, 2.45) is 4.99 Å². The number of nitrogens with zero attached hydrogens (tertiary/aromatic N) is 4. The second-order valence-electron chi connectivity index (χ2n) is 5.46. The first kappa shape index (κ1) is 18.6. The van der Waals surface area contributed by atoms with Crippen LogP contribution in [0.25, 0.3) is 0 Å². The van der Waals surface area contributed by atoms with Crippen molar-refractivity contribution in [1.29, 1.82) is 0 Å². The Morgan fingerprint density at radius 1 is 1.38 bits per heavy atom. The molecular formula is C15H26F2N6O. The molecule has 1 aliphatic heterocycles. The molecule has 0 radical (unpaired) electrons. The van der Waals surface area contributed by atoms with Crippen molar-refractivity contribution >= 4 is 5.96 Å². The van der Waals surface area contributed by atoms with Crippen molar-refractivity contribution in [3.05, 3.63) is 18.2 Å². The second-order valence-corrected chi connectivity index (χ2v) is 5.46. The summed E-state index contributed by atoms with van der Waals surface area (Å²) >= 11 is 0. The molecule has 0 spiro atoms. The van der Waals surface area contributed by atoms with E-state index in [1.165, 1.54) is 12.4 Å². The van der Waals surface area contributed by atoms with Crippen molar-refractivity contribution in [1.82, 2.24) is 25.1 Å². The lowest BCUT2D eigenvalue weighted by atomic mass is 10.3. The zero-order valence-electron chi connectivity index (χ0n) is 14.0. The summed E-state index contributed by atoms with van der Waals surface area (Å²) in [5.74, 6) is 0.860. The maximum atomic E-state index is 12.8. The summed E-state index contributed by atoms with van der Waals surface area (Å²) in [6.07, 6.45) is 3.61. The molecule has 2 rings (SSSR count). The summed E-state index contributed by atoms with van der Waals surface area (Å²) in [4.78, 5) is 10.6. The van der Waals surface area contributed by atoms with E-state index in [4.69, 9.17) is 4.74 Å². The highest BCUT2D eigenvalue weighted by Gasteiger charge is 2.11. The van der Waals surface area contributed by atoms with Crippen LogP contribution in [0.15, 0.2) is 17.4 Å². The molecule has 2 N–H and O–H groups in total. The molecule has 136 valence electrons. The minimum atomic E-state index is -2.60. The van der Waals surface area contributed by atoms with Gasteiger partial charge in [-0.1, -0.05) is 0 Å². The van der Waals surface area contributed by atoms with Gasteiger partial charge in [-0.15, -0.1) is 0 Å². The van der Waals surface area contributed by atoms with Gasteiger partial charge in [0, 0.05) is 38.6 Å². The summed E-state index contributed by atoms with van der Waals surface area (Å²) in [6.45, 7) is 5.51. The van der Waals surface area contributed by atoms with Gasteiger partial charge in [0.15, 0.2) is 5.96 Å². The molecule has 24 heavy (non-hydrogen) atoms. The Morgan fingerprint density at radius 3 is 2.88 bits per heavy atom. The van der Waals surface area contributed by atoms with Crippen molar-refractivity contribution in [3.8, 4) is 0 Å². The predicted molar refractivity (Wildman–Crippen MR) is 88.2 cm³/mol. The minimum Gasteiger partial charge on any atom is -0.379 e. The van der Waals surface area contributed by atoms with Crippen LogP contribution in [0.5, 0.6) is 0 Å². The van der Waals surface area contributed by atoms with Crippen molar-refractivity contribution < 1.29 is 13.5 Å². The molecule has 1 aromatic heterocycles. The van der Waals surface area contributed by atoms with Crippen LogP contribution >= 0.6 is 0 Å². The normalized spacial score (nSPS) is 16.6. The van der Waals surface area contributed by atoms with E-state index in [1.807, 2.05) is 6.92 Å². The fourth-order valence-corrected chi connectivity index (χ4v) is 2.47. The van der Waals surface area contributed by atoms with Crippen LogP contribution in [0.1, 0.15) is 25.7 Å². The highest BCUT2D eigenvalue weighted by molar-refractivity contribution is 5.79. The quantitative estimate of drug-likeness (QED) is 0.419. The van der Waals surface area contributed by atoms with Gasteiger partial charge in [-0.3, -0.25) is 9.47 Å². The Kier molecular flexibility index (Phi) is 7.90. The molecule has 1 saturated heterocycles. The number of hydrogen-bond acceptors (Lipinski definition) is 4. The number of morpholine rings is 1. The number of aromatic nitrogens is 2. The Hall–Kier alpha value is -1.74. The molecule has 2 heterocycles. The van der Waals surface area contributed by atoms with Crippen molar-refractivity contribution in [2.75, 3.05) is 45.9 Å². The average molecular weight is 344 g/mol. The fraction of sp³-hybridized carbons (Fsp3) is 0.733. The van der Waals surface area contributed by atoms with Gasteiger partial charge in [0.05, 0.1) is 13.2 Å². The standard InChI is InChI=1S/C15H26F2N6O/c1-2-18-15(20-4-3-6-22-8-10-24-11-9-22)21-12-13-19-5-7-23(13)14(16)17/h5,7,14H,2-4,6,8-12H2,1H3,(H2,18,20,21). The predicted octanol–water partition coefficient (Wildman–Crippen LogP) is 1.06. The van der Waals surface area contributed by atoms with Crippen LogP contribution in [0.4, 0.5) is 8.78 Å². The molecule has 1 aliphatic rings. The third-order valence-electron chi connectivity index (χ3n) is 3.73. The largest absolute Gasteiger partial charge is 0.379 e. The van der Waals surface area contributed by atoms with Crippen LogP contribution in [0.2, 0.25) is 0 Å². The molecule has 0 amide bonds. The van der Waals surface area contributed by atoms with Gasteiger partial charge in [-0.2, -0.15) is 8.78 Å². The number of rotatable bonds is 8. The SMILES string of the molecule is CCNC(=NCc1nccn1C(F)F)NCCCN1CCOCC1. The van der Waals surface area contributed by atoms with Gasteiger partial charge in [-0.25, -0.2) is 9.98 Å². The maximum Gasteiger partial charge on any atom is 0.319 e. The number of aliphatic imine (C=N–C) groups is 1. The van der Waals surface area contributed by atoms with Crippen molar-refractivity contribution in [2.45, 2.75) is 26.4 Å². The molecule has 0 atom stereocenters. The third-order valence-corrected chi connectivity index (χ3v) is 3.73. The summed E-state index contributed by atoms with van der Waals surface area (Å²) in [5.41, 5.74) is 0. The topological polar surface area (TPSA) is 66.7 Å². The zero-order valence-corrected chi connectivity index (χ0v) is 14.0. The Balaban J connectivity index is 1.76. The van der Waals surface area contributed by atoms with Crippen LogP contribution in [-0.2, 0) is 11.3 Å². The van der Waals surface area contributed by atoms with Gasteiger partial charge in [0.25, 0.3) is 0 Å². The Bertz CT molecular complexity index is 502. The van der Waals surface area contributed by atoms with E-state index in [9.17, 15) is 8.78 Å². The first-order valence-electron chi connectivity index (χ1n) is 8.33. The van der Waals surface area contributed by atoms with Crippen LogP contribution in [-0.4, -0.2) is 66.3 Å². The first-order valence-corrected chi connectivity index (χ1v) is 8.33. The van der Waals surface area contributed by atoms with E-state index in [-0.39, 0.29) is 12.4 Å². The average Bonchev–Trinajstić information content (AvgIpc) is 3.06. The zero-order chi connectivity index (χ0) is 17.2. The Morgan fingerprint density at radius 2 is 2.17 bits per heavy atom. The number of imidazole rings is 1. The molecule has 0 aromatic carbocycles. The van der Waals surface area contributed by atoms with E-state index in [1.54, 1.807) is 0 Å². The maximum absolute atomic E-state index is 12.8. The smallest absolute Gasteiger partial charge is 0.319 e. The molecule has 7 nitrogen and oxygen atoms in total. The van der Waals surface area contributed by atoms with Crippen LogP contribution in [0.3, 0.4) is 0 Å². The van der Waals surface area contributed by atoms with E-state index in [0.29, 0.717) is 12.5 Å². The summed E-state index contributed by atoms with van der Waals surface area (Å²) in [6, 6.07) is 0. The molecule has 0 unspecified atom stereocenters. The monoisotopic (exact) mass is 344 g/mol. The van der Waals surface area contributed by atoms with Gasteiger partial charge in [0.1, 0.15) is 12.4 Å². The minimum absolute atomic E-state index is 0.107. The van der Waals surface area contributed by atoms with E-state index < -0.39 is 6.55 Å². The van der Waals surface area contributed by atoms with E-state index >= 15 is 0 Å². The molecule has 0 aliphatic carbocycles. The molecular weight excluding hydrogens is 318 g/mol. The first-order chi connectivity index (χ1) is 11.7. The third kappa shape index (κ3) is 6.04. The number of ether oxygens (including phenoxy) is 1. The highest BCUT2D eigenvalue weighted by Crippen LogP contribution is 2.12. The molecule has 0 bridgehead atoms. The van der Waals surface area contributed by atoms with Gasteiger partial charge < -0.3 is 15.4 Å². The number of halogens is 2. The lowest BCUT2D eigenvalue weighted by Crippen LogP contribution is -2.40. The van der Waals surface area contributed by atoms with E-state index in [0.717, 1.165) is 50.4 Å². The fourth-order valence-electron chi connectivity index (χ4n) is 2.47. The molecule has 1 fully saturated rings. The number of alkyl halides is 2. The number of hydrogen-bond donors (Lipinski definition) is 2. The molecule has 1 aromatic rings. The Labute approximate surface area is 141 Å². The lowest BCUT2D eigenvalue weighted by Gasteiger charge is -2.26. The lowest BCUT2D eigenvalue weighted by molar-refractivity contribution is 0.0376. The summed E-state index contributed by atoms with van der Waals surface area (Å²) < 4.78 is 31.7.